The number of halogens is 3. The molecule has 6 nitrogen and oxygen atoms in total. The molecule has 3 aromatic rings. The highest BCUT2D eigenvalue weighted by atomic mass is 19.4. The third-order valence-electron chi connectivity index (χ3n) is 6.45. The van der Waals surface area contributed by atoms with Crippen LogP contribution in [0, 0.1) is 6.92 Å². The number of piperidine rings is 1. The van der Waals surface area contributed by atoms with Crippen LogP contribution >= 0.6 is 0 Å². The van der Waals surface area contributed by atoms with Crippen LogP contribution in [-0.2, 0) is 0 Å². The second-order valence-electron chi connectivity index (χ2n) is 8.90. The van der Waals surface area contributed by atoms with Crippen molar-refractivity contribution in [3.05, 3.63) is 89.0 Å². The van der Waals surface area contributed by atoms with Crippen molar-refractivity contribution in [3.63, 3.8) is 0 Å². The van der Waals surface area contributed by atoms with Gasteiger partial charge in [-0.25, -0.2) is 0 Å². The van der Waals surface area contributed by atoms with Gasteiger partial charge in [-0.2, -0.15) is 0 Å². The van der Waals surface area contributed by atoms with Gasteiger partial charge in [0.1, 0.15) is 11.5 Å². The van der Waals surface area contributed by atoms with E-state index in [2.05, 4.69) is 22.2 Å². The standard InChI is InChI=1S/C28H27F3N2O4/c1-18-3-4-22(17-25(18)32-26(34)21-7-11-24(12-8-21)37-28(29,30)31)27(35)33-15-13-20(14-16-33)19-5-9-23(36-2)10-6-19/h3-12,17,20H,13-16H2,1-2H3,(H,32,34). The first-order valence-electron chi connectivity index (χ1n) is 11.8. The normalized spacial score (nSPS) is 14.2. The molecule has 0 unspecified atom stereocenters. The smallest absolute Gasteiger partial charge is 0.497 e. The van der Waals surface area contributed by atoms with Crippen molar-refractivity contribution in [2.75, 3.05) is 25.5 Å². The third-order valence-corrected chi connectivity index (χ3v) is 6.45. The first-order valence-corrected chi connectivity index (χ1v) is 11.8. The molecule has 0 radical (unpaired) electrons. The van der Waals surface area contributed by atoms with Crippen molar-refractivity contribution in [2.24, 2.45) is 0 Å². The van der Waals surface area contributed by atoms with E-state index in [0.29, 0.717) is 30.3 Å². The number of likely N-dealkylation sites (tertiary alicyclic amines) is 1. The molecule has 1 aliphatic heterocycles. The van der Waals surface area contributed by atoms with Gasteiger partial charge in [0, 0.05) is 29.9 Å². The van der Waals surface area contributed by atoms with E-state index in [1.807, 2.05) is 17.0 Å². The number of benzene rings is 3. The Morgan fingerprint density at radius 3 is 2.08 bits per heavy atom. The van der Waals surface area contributed by atoms with Crippen molar-refractivity contribution in [3.8, 4) is 11.5 Å². The van der Waals surface area contributed by atoms with E-state index in [1.165, 1.54) is 17.7 Å². The van der Waals surface area contributed by atoms with Crippen molar-refractivity contribution >= 4 is 17.5 Å². The molecule has 0 aromatic heterocycles. The lowest BCUT2D eigenvalue weighted by atomic mass is 9.89. The van der Waals surface area contributed by atoms with Crippen LogP contribution in [0.1, 0.15) is 50.6 Å². The van der Waals surface area contributed by atoms with Crippen LogP contribution in [0.5, 0.6) is 11.5 Å². The number of amides is 2. The third kappa shape index (κ3) is 6.61. The number of alkyl halides is 3. The van der Waals surface area contributed by atoms with Gasteiger partial charge in [0.25, 0.3) is 11.8 Å². The molecule has 0 saturated carbocycles. The zero-order valence-electron chi connectivity index (χ0n) is 20.5. The maximum atomic E-state index is 13.2. The molecule has 194 valence electrons. The van der Waals surface area contributed by atoms with Gasteiger partial charge in [0.15, 0.2) is 0 Å². The van der Waals surface area contributed by atoms with Crippen LogP contribution in [0.15, 0.2) is 66.7 Å². The molecule has 1 aliphatic rings. The van der Waals surface area contributed by atoms with Crippen LogP contribution in [0.2, 0.25) is 0 Å². The Morgan fingerprint density at radius 2 is 1.49 bits per heavy atom. The Bertz CT molecular complexity index is 1250. The summed E-state index contributed by atoms with van der Waals surface area (Å²) in [6, 6.07) is 17.8. The zero-order valence-corrected chi connectivity index (χ0v) is 20.5. The lowest BCUT2D eigenvalue weighted by molar-refractivity contribution is -0.274. The average Bonchev–Trinajstić information content (AvgIpc) is 2.89. The fourth-order valence-electron chi connectivity index (χ4n) is 4.37. The molecule has 4 rings (SSSR count). The summed E-state index contributed by atoms with van der Waals surface area (Å²) in [5.74, 6) is 0.148. The highest BCUT2D eigenvalue weighted by molar-refractivity contribution is 6.05. The minimum atomic E-state index is -4.81. The largest absolute Gasteiger partial charge is 0.573 e. The summed E-state index contributed by atoms with van der Waals surface area (Å²) in [6.07, 6.45) is -3.11. The van der Waals surface area contributed by atoms with Gasteiger partial charge >= 0.3 is 6.36 Å². The molecule has 1 N–H and O–H groups in total. The number of hydrogen-bond acceptors (Lipinski definition) is 4. The summed E-state index contributed by atoms with van der Waals surface area (Å²) >= 11 is 0. The minimum absolute atomic E-state index is 0.114. The van der Waals surface area contributed by atoms with Gasteiger partial charge in [-0.15, -0.1) is 13.2 Å². The zero-order chi connectivity index (χ0) is 26.6. The fourth-order valence-corrected chi connectivity index (χ4v) is 4.37. The first-order chi connectivity index (χ1) is 17.6. The van der Waals surface area contributed by atoms with Crippen LogP contribution in [-0.4, -0.2) is 43.3 Å². The molecule has 0 bridgehead atoms. The summed E-state index contributed by atoms with van der Waals surface area (Å²) < 4.78 is 46.1. The number of anilines is 1. The number of carbonyl (C=O) groups is 2. The van der Waals surface area contributed by atoms with Crippen molar-refractivity contribution < 1.29 is 32.2 Å². The first kappa shape index (κ1) is 26.1. The monoisotopic (exact) mass is 512 g/mol. The topological polar surface area (TPSA) is 67.9 Å². The number of methoxy groups -OCH3 is 1. The van der Waals surface area contributed by atoms with Gasteiger partial charge in [0.2, 0.25) is 0 Å². The molecule has 1 fully saturated rings. The van der Waals surface area contributed by atoms with E-state index in [-0.39, 0.29) is 11.5 Å². The molecule has 3 aromatic carbocycles. The maximum absolute atomic E-state index is 13.2. The number of aryl methyl sites for hydroxylation is 1. The molecule has 1 heterocycles. The summed E-state index contributed by atoms with van der Waals surface area (Å²) in [5, 5.41) is 2.75. The van der Waals surface area contributed by atoms with E-state index in [1.54, 1.807) is 32.2 Å². The van der Waals surface area contributed by atoms with E-state index in [0.717, 1.165) is 36.3 Å². The Balaban J connectivity index is 1.39. The SMILES string of the molecule is COc1ccc(C2CCN(C(=O)c3ccc(C)c(NC(=O)c4ccc(OC(F)(F)F)cc4)c3)CC2)cc1. The van der Waals surface area contributed by atoms with Crippen LogP contribution in [0.4, 0.5) is 18.9 Å². The van der Waals surface area contributed by atoms with E-state index >= 15 is 0 Å². The predicted molar refractivity (Wildman–Crippen MR) is 133 cm³/mol. The quantitative estimate of drug-likeness (QED) is 0.429. The van der Waals surface area contributed by atoms with Crippen LogP contribution in [0.3, 0.4) is 0 Å². The van der Waals surface area contributed by atoms with Gasteiger partial charge < -0.3 is 19.7 Å². The molecule has 9 heteroatoms. The number of rotatable bonds is 6. The highest BCUT2D eigenvalue weighted by Gasteiger charge is 2.31. The number of nitrogens with zero attached hydrogens (tertiary/aromatic N) is 1. The lowest BCUT2D eigenvalue weighted by Crippen LogP contribution is -2.38. The average molecular weight is 513 g/mol. The Kier molecular flexibility index (Phi) is 7.71. The molecular weight excluding hydrogens is 485 g/mol. The van der Waals surface area contributed by atoms with Gasteiger partial charge in [0.05, 0.1) is 7.11 Å². The summed E-state index contributed by atoms with van der Waals surface area (Å²) in [6.45, 7) is 3.04. The van der Waals surface area contributed by atoms with Gasteiger partial charge in [-0.05, 0) is 85.3 Å². The number of carbonyl (C=O) groups excluding carboxylic acids is 2. The number of hydrogen-bond donors (Lipinski definition) is 1. The van der Waals surface area contributed by atoms with E-state index in [9.17, 15) is 22.8 Å². The van der Waals surface area contributed by atoms with Crippen LogP contribution in [0.25, 0.3) is 0 Å². The molecule has 0 spiro atoms. The summed E-state index contributed by atoms with van der Waals surface area (Å²) in [7, 11) is 1.63. The Morgan fingerprint density at radius 1 is 0.892 bits per heavy atom. The van der Waals surface area contributed by atoms with Crippen LogP contribution < -0.4 is 14.8 Å². The molecular formula is C28H27F3N2O4. The van der Waals surface area contributed by atoms with E-state index < -0.39 is 18.0 Å². The number of nitrogens with one attached hydrogen (secondary N) is 1. The minimum Gasteiger partial charge on any atom is -0.497 e. The highest BCUT2D eigenvalue weighted by Crippen LogP contribution is 2.30. The van der Waals surface area contributed by atoms with Crippen molar-refractivity contribution in [1.82, 2.24) is 4.90 Å². The predicted octanol–water partition coefficient (Wildman–Crippen LogP) is 6.17. The van der Waals surface area contributed by atoms with Gasteiger partial charge in [-0.1, -0.05) is 18.2 Å². The molecule has 0 aliphatic carbocycles. The molecule has 0 atom stereocenters. The van der Waals surface area contributed by atoms with Crippen molar-refractivity contribution in [2.45, 2.75) is 32.0 Å². The number of ether oxygens (including phenoxy) is 2. The molecule has 2 amide bonds. The lowest BCUT2D eigenvalue weighted by Gasteiger charge is -2.32. The Hall–Kier alpha value is -4.01. The Labute approximate surface area is 213 Å². The summed E-state index contributed by atoms with van der Waals surface area (Å²) in [5.41, 5.74) is 3.05. The summed E-state index contributed by atoms with van der Waals surface area (Å²) in [4.78, 5) is 27.7. The molecule has 1 saturated heterocycles. The molecule has 37 heavy (non-hydrogen) atoms. The van der Waals surface area contributed by atoms with Gasteiger partial charge in [-0.3, -0.25) is 9.59 Å². The maximum Gasteiger partial charge on any atom is 0.573 e. The second-order valence-corrected chi connectivity index (χ2v) is 8.90. The van der Waals surface area contributed by atoms with E-state index in [4.69, 9.17) is 4.74 Å². The van der Waals surface area contributed by atoms with Crippen molar-refractivity contribution in [1.29, 1.82) is 0 Å². The second kappa shape index (κ2) is 10.9. The fraction of sp³-hybridized carbons (Fsp3) is 0.286.